The molecule has 1 N–H and O–H groups in total. The van der Waals surface area contributed by atoms with Gasteiger partial charge in [0.1, 0.15) is 0 Å². The van der Waals surface area contributed by atoms with Gasteiger partial charge in [0.05, 0.1) is 32.5 Å². The van der Waals surface area contributed by atoms with E-state index in [4.69, 9.17) is 39.8 Å². The van der Waals surface area contributed by atoms with Gasteiger partial charge in [-0.25, -0.2) is 9.97 Å². The smallest absolute Gasteiger partial charge is 0.258 e. The lowest BCUT2D eigenvalue weighted by molar-refractivity contribution is 0.102. The fourth-order valence-corrected chi connectivity index (χ4v) is 4.70. The molecule has 0 spiro atoms. The van der Waals surface area contributed by atoms with E-state index in [1.54, 1.807) is 24.3 Å². The van der Waals surface area contributed by atoms with Crippen molar-refractivity contribution in [3.8, 4) is 22.5 Å². The van der Waals surface area contributed by atoms with Crippen molar-refractivity contribution in [3.05, 3.63) is 98.8 Å². The van der Waals surface area contributed by atoms with Gasteiger partial charge >= 0.3 is 0 Å². The topological polar surface area (TPSA) is 54.9 Å². The van der Waals surface area contributed by atoms with Crippen molar-refractivity contribution >= 4 is 68.1 Å². The number of anilines is 1. The third-order valence-electron chi connectivity index (χ3n) is 5.05. The van der Waals surface area contributed by atoms with E-state index < -0.39 is 0 Å². The number of rotatable bonds is 4. The molecular weight excluding hydrogens is 497 g/mol. The summed E-state index contributed by atoms with van der Waals surface area (Å²) in [7, 11) is 0. The highest BCUT2D eigenvalue weighted by molar-refractivity contribution is 7.14. The molecular formula is C25H14Cl3N3OS. The van der Waals surface area contributed by atoms with Crippen LogP contribution in [0, 0.1) is 0 Å². The lowest BCUT2D eigenvalue weighted by Gasteiger charge is -2.10. The molecule has 8 heteroatoms. The number of carbonyl (C=O) groups excluding carboxylic acids is 1. The molecule has 0 bridgehead atoms. The van der Waals surface area contributed by atoms with E-state index in [0.29, 0.717) is 42.7 Å². The van der Waals surface area contributed by atoms with Gasteiger partial charge in [-0.3, -0.25) is 10.1 Å². The third kappa shape index (κ3) is 4.45. The molecule has 5 aromatic rings. The monoisotopic (exact) mass is 509 g/mol. The highest BCUT2D eigenvalue weighted by atomic mass is 35.5. The Morgan fingerprint density at radius 2 is 1.58 bits per heavy atom. The summed E-state index contributed by atoms with van der Waals surface area (Å²) in [4.78, 5) is 22.6. The van der Waals surface area contributed by atoms with Crippen LogP contribution in [0.2, 0.25) is 15.1 Å². The van der Waals surface area contributed by atoms with E-state index >= 15 is 0 Å². The number of aromatic nitrogens is 2. The van der Waals surface area contributed by atoms with Gasteiger partial charge in [-0.2, -0.15) is 0 Å². The summed E-state index contributed by atoms with van der Waals surface area (Å²) in [5.74, 6) is -0.281. The van der Waals surface area contributed by atoms with Gasteiger partial charge in [0.15, 0.2) is 5.13 Å². The minimum atomic E-state index is -0.281. The van der Waals surface area contributed by atoms with Crippen molar-refractivity contribution in [2.24, 2.45) is 0 Å². The molecule has 0 fully saturated rings. The standard InChI is InChI=1S/C25H14Cl3N3OS/c26-18-7-3-1-6-16(18)22-12-17(15-5-2-4-8-21(15)29-22)24(32)31-25-30-23(13-33-25)14-9-10-19(27)20(28)11-14/h1-13H,(H,30,31,32). The van der Waals surface area contributed by atoms with E-state index in [1.165, 1.54) is 11.3 Å². The fourth-order valence-electron chi connectivity index (χ4n) is 3.45. The number of nitrogens with one attached hydrogen (secondary N) is 1. The zero-order valence-electron chi connectivity index (χ0n) is 16.9. The Hall–Kier alpha value is -2.96. The molecule has 0 unspecified atom stereocenters. The number of thiazole rings is 1. The Morgan fingerprint density at radius 3 is 2.39 bits per heavy atom. The van der Waals surface area contributed by atoms with Gasteiger partial charge in [-0.15, -0.1) is 11.3 Å². The summed E-state index contributed by atoms with van der Waals surface area (Å²) < 4.78 is 0. The van der Waals surface area contributed by atoms with Gasteiger partial charge < -0.3 is 0 Å². The quantitative estimate of drug-likeness (QED) is 0.265. The van der Waals surface area contributed by atoms with Crippen LogP contribution >= 0.6 is 46.1 Å². The molecule has 0 aliphatic rings. The normalized spacial score (nSPS) is 11.0. The minimum Gasteiger partial charge on any atom is -0.298 e. The lowest BCUT2D eigenvalue weighted by atomic mass is 10.0. The molecule has 1 amide bonds. The van der Waals surface area contributed by atoms with E-state index in [0.717, 1.165) is 16.5 Å². The molecule has 0 aliphatic carbocycles. The molecule has 2 aromatic heterocycles. The van der Waals surface area contributed by atoms with Gasteiger partial charge in [0.2, 0.25) is 0 Å². The molecule has 5 rings (SSSR count). The number of amides is 1. The molecule has 0 aliphatic heterocycles. The van der Waals surface area contributed by atoms with Crippen LogP contribution in [0.15, 0.2) is 78.2 Å². The van der Waals surface area contributed by atoms with Gasteiger partial charge in [-0.05, 0) is 30.3 Å². The SMILES string of the molecule is O=C(Nc1nc(-c2ccc(Cl)c(Cl)c2)cs1)c1cc(-c2ccccc2Cl)nc2ccccc12. The zero-order valence-corrected chi connectivity index (χ0v) is 19.9. The Kier molecular flexibility index (Phi) is 6.04. The molecule has 2 heterocycles. The van der Waals surface area contributed by atoms with E-state index in [9.17, 15) is 4.79 Å². The number of hydrogen-bond acceptors (Lipinski definition) is 4. The van der Waals surface area contributed by atoms with Crippen molar-refractivity contribution in [1.82, 2.24) is 9.97 Å². The van der Waals surface area contributed by atoms with Crippen LogP contribution in [0.4, 0.5) is 5.13 Å². The minimum absolute atomic E-state index is 0.281. The van der Waals surface area contributed by atoms with Crippen LogP contribution in [-0.4, -0.2) is 15.9 Å². The van der Waals surface area contributed by atoms with Crippen molar-refractivity contribution in [2.75, 3.05) is 5.32 Å². The summed E-state index contributed by atoms with van der Waals surface area (Å²) in [6.45, 7) is 0. The predicted molar refractivity (Wildman–Crippen MR) is 138 cm³/mol. The van der Waals surface area contributed by atoms with Gasteiger partial charge in [0, 0.05) is 26.9 Å². The van der Waals surface area contributed by atoms with Crippen LogP contribution in [0.1, 0.15) is 10.4 Å². The van der Waals surface area contributed by atoms with Gasteiger partial charge in [-0.1, -0.05) is 77.3 Å². The van der Waals surface area contributed by atoms with Crippen molar-refractivity contribution in [3.63, 3.8) is 0 Å². The van der Waals surface area contributed by atoms with Crippen LogP contribution in [0.25, 0.3) is 33.4 Å². The number of fused-ring (bicyclic) bond motifs is 1. The van der Waals surface area contributed by atoms with E-state index in [2.05, 4.69) is 10.3 Å². The molecule has 4 nitrogen and oxygen atoms in total. The number of halogens is 3. The lowest BCUT2D eigenvalue weighted by Crippen LogP contribution is -2.13. The molecule has 0 radical (unpaired) electrons. The Labute approximate surface area is 208 Å². The maximum absolute atomic E-state index is 13.3. The summed E-state index contributed by atoms with van der Waals surface area (Å²) in [5, 5.41) is 7.47. The number of carbonyl (C=O) groups is 1. The van der Waals surface area contributed by atoms with Crippen LogP contribution in [-0.2, 0) is 0 Å². The average Bonchev–Trinajstić information content (AvgIpc) is 3.29. The summed E-state index contributed by atoms with van der Waals surface area (Å²) >= 11 is 19.8. The number of pyridine rings is 1. The van der Waals surface area contributed by atoms with E-state index in [1.807, 2.05) is 53.9 Å². The number of nitrogens with zero attached hydrogens (tertiary/aromatic N) is 2. The van der Waals surface area contributed by atoms with Crippen molar-refractivity contribution in [2.45, 2.75) is 0 Å². The maximum atomic E-state index is 13.3. The summed E-state index contributed by atoms with van der Waals surface area (Å²) in [5.41, 5.74) is 4.09. The molecule has 3 aromatic carbocycles. The van der Waals surface area contributed by atoms with Crippen LogP contribution in [0.3, 0.4) is 0 Å². The number of hydrogen-bond donors (Lipinski definition) is 1. The first kappa shape index (κ1) is 21.9. The summed E-state index contributed by atoms with van der Waals surface area (Å²) in [6.07, 6.45) is 0. The molecule has 0 saturated carbocycles. The number of para-hydroxylation sites is 1. The highest BCUT2D eigenvalue weighted by Gasteiger charge is 2.17. The van der Waals surface area contributed by atoms with Crippen molar-refractivity contribution in [1.29, 1.82) is 0 Å². The fraction of sp³-hybridized carbons (Fsp3) is 0. The van der Waals surface area contributed by atoms with E-state index in [-0.39, 0.29) is 5.91 Å². The largest absolute Gasteiger partial charge is 0.298 e. The molecule has 33 heavy (non-hydrogen) atoms. The highest BCUT2D eigenvalue weighted by Crippen LogP contribution is 2.32. The maximum Gasteiger partial charge on any atom is 0.258 e. The third-order valence-corrected chi connectivity index (χ3v) is 6.88. The predicted octanol–water partition coefficient (Wildman–Crippen LogP) is 8.24. The second kappa shape index (κ2) is 9.12. The summed E-state index contributed by atoms with van der Waals surface area (Å²) in [6, 6.07) is 22.0. The molecule has 0 saturated heterocycles. The zero-order chi connectivity index (χ0) is 22.9. The molecule has 0 atom stereocenters. The first-order valence-corrected chi connectivity index (χ1v) is 11.9. The van der Waals surface area contributed by atoms with Crippen LogP contribution < -0.4 is 5.32 Å². The Bertz CT molecular complexity index is 1520. The Balaban J connectivity index is 1.50. The second-order valence-electron chi connectivity index (χ2n) is 7.17. The Morgan fingerprint density at radius 1 is 0.788 bits per heavy atom. The molecule has 162 valence electrons. The second-order valence-corrected chi connectivity index (χ2v) is 9.25. The average molecular weight is 511 g/mol. The van der Waals surface area contributed by atoms with Crippen molar-refractivity contribution < 1.29 is 4.79 Å². The first-order chi connectivity index (χ1) is 16.0. The van der Waals surface area contributed by atoms with Gasteiger partial charge in [0.25, 0.3) is 5.91 Å². The first-order valence-electron chi connectivity index (χ1n) is 9.86. The van der Waals surface area contributed by atoms with Crippen LogP contribution in [0.5, 0.6) is 0 Å². The number of benzene rings is 3.